The molecular weight excluding hydrogens is 396 g/mol. The van der Waals surface area contributed by atoms with E-state index in [9.17, 15) is 13.2 Å². The Kier molecular flexibility index (Phi) is 4.51. The monoisotopic (exact) mass is 410 g/mol. The molecule has 8 heteroatoms. The molecule has 1 amide bonds. The summed E-state index contributed by atoms with van der Waals surface area (Å²) in [6.45, 7) is 2.43. The molecule has 0 saturated heterocycles. The van der Waals surface area contributed by atoms with Crippen LogP contribution in [0, 0.1) is 6.92 Å². The highest BCUT2D eigenvalue weighted by Gasteiger charge is 2.27. The average Bonchev–Trinajstić information content (AvgIpc) is 2.71. The van der Waals surface area contributed by atoms with Crippen LogP contribution in [0.3, 0.4) is 0 Å². The number of aryl methyl sites for hydroxylation is 1. The van der Waals surface area contributed by atoms with E-state index in [0.29, 0.717) is 16.7 Å². The number of carbonyl (C=O) groups excluding carboxylic acids is 1. The van der Waals surface area contributed by atoms with Crippen LogP contribution in [0.25, 0.3) is 0 Å². The first-order chi connectivity index (χ1) is 11.4. The van der Waals surface area contributed by atoms with Crippen LogP contribution < -0.4 is 14.8 Å². The summed E-state index contributed by atoms with van der Waals surface area (Å²) in [5, 5.41) is 2.66. The number of sulfonamides is 1. The Balaban J connectivity index is 2.07. The lowest BCUT2D eigenvalue weighted by molar-refractivity contribution is 0.0957. The quantitative estimate of drug-likeness (QED) is 0.814. The third kappa shape index (κ3) is 3.39. The molecule has 0 aromatic heterocycles. The first kappa shape index (κ1) is 16.8. The molecule has 0 aliphatic carbocycles. The maximum Gasteiger partial charge on any atom is 0.265 e. The molecule has 0 fully saturated rings. The molecule has 2 N–H and O–H groups in total. The van der Waals surface area contributed by atoms with E-state index in [0.717, 1.165) is 5.56 Å². The van der Waals surface area contributed by atoms with E-state index in [1.54, 1.807) is 18.2 Å². The molecule has 0 unspecified atom stereocenters. The van der Waals surface area contributed by atoms with E-state index in [2.05, 4.69) is 26.0 Å². The second kappa shape index (κ2) is 6.45. The number of benzene rings is 2. The molecule has 0 saturated carbocycles. The van der Waals surface area contributed by atoms with Crippen molar-refractivity contribution in [3.63, 3.8) is 0 Å². The second-order valence-corrected chi connectivity index (χ2v) is 7.92. The van der Waals surface area contributed by atoms with Crippen LogP contribution in [-0.4, -0.2) is 27.5 Å². The molecule has 0 bridgehead atoms. The van der Waals surface area contributed by atoms with Crippen LogP contribution in [-0.2, 0) is 10.0 Å². The van der Waals surface area contributed by atoms with Crippen molar-refractivity contribution in [2.75, 3.05) is 17.9 Å². The van der Waals surface area contributed by atoms with Gasteiger partial charge in [-0.15, -0.1) is 0 Å². The van der Waals surface area contributed by atoms with Gasteiger partial charge in [-0.05, 0) is 31.2 Å². The molecule has 2 aromatic rings. The topological polar surface area (TPSA) is 84.5 Å². The summed E-state index contributed by atoms with van der Waals surface area (Å²) in [7, 11) is -3.91. The van der Waals surface area contributed by atoms with Gasteiger partial charge in [0.25, 0.3) is 15.9 Å². The second-order valence-electron chi connectivity index (χ2n) is 5.36. The first-order valence-electron chi connectivity index (χ1n) is 7.21. The van der Waals surface area contributed by atoms with Crippen molar-refractivity contribution in [3.05, 3.63) is 52.0 Å². The van der Waals surface area contributed by atoms with Gasteiger partial charge in [0.2, 0.25) is 0 Å². The molecule has 1 heterocycles. The lowest BCUT2D eigenvalue weighted by Gasteiger charge is -2.14. The Morgan fingerprint density at radius 2 is 1.92 bits per heavy atom. The number of amides is 1. The number of hydrogen-bond donors (Lipinski definition) is 2. The number of carbonyl (C=O) groups is 1. The summed E-state index contributed by atoms with van der Waals surface area (Å²) in [5.74, 6) is -0.302. The van der Waals surface area contributed by atoms with Crippen molar-refractivity contribution in [2.24, 2.45) is 0 Å². The Bertz CT molecular complexity index is 895. The van der Waals surface area contributed by atoms with Gasteiger partial charge in [0.05, 0.1) is 12.1 Å². The van der Waals surface area contributed by atoms with Gasteiger partial charge in [-0.3, -0.25) is 9.52 Å². The summed E-state index contributed by atoms with van der Waals surface area (Å²) < 4.78 is 34.1. The number of fused-ring (bicyclic) bond motifs is 1. The minimum absolute atomic E-state index is 0.0628. The number of rotatable bonds is 3. The molecule has 0 atom stereocenters. The van der Waals surface area contributed by atoms with Crippen molar-refractivity contribution >= 4 is 37.5 Å². The molecule has 126 valence electrons. The number of hydrogen-bond acceptors (Lipinski definition) is 4. The van der Waals surface area contributed by atoms with Crippen LogP contribution in [0.2, 0.25) is 0 Å². The normalized spacial score (nSPS) is 14.2. The number of ether oxygens (including phenoxy) is 1. The van der Waals surface area contributed by atoms with Gasteiger partial charge in [-0.2, -0.15) is 0 Å². The van der Waals surface area contributed by atoms with Gasteiger partial charge in [0.15, 0.2) is 5.75 Å². The highest BCUT2D eigenvalue weighted by atomic mass is 79.9. The zero-order chi connectivity index (χ0) is 17.3. The van der Waals surface area contributed by atoms with Gasteiger partial charge in [0.1, 0.15) is 11.5 Å². The van der Waals surface area contributed by atoms with Gasteiger partial charge in [-0.1, -0.05) is 33.6 Å². The van der Waals surface area contributed by atoms with Crippen LogP contribution >= 0.6 is 15.9 Å². The zero-order valence-electron chi connectivity index (χ0n) is 12.8. The maximum atomic E-state index is 12.8. The van der Waals surface area contributed by atoms with E-state index < -0.39 is 10.0 Å². The highest BCUT2D eigenvalue weighted by Crippen LogP contribution is 2.34. The Hall–Kier alpha value is -2.06. The summed E-state index contributed by atoms with van der Waals surface area (Å²) >= 11 is 3.25. The van der Waals surface area contributed by atoms with E-state index >= 15 is 0 Å². The molecule has 1 aliphatic rings. The van der Waals surface area contributed by atoms with Crippen LogP contribution in [0.4, 0.5) is 5.69 Å². The van der Waals surface area contributed by atoms with Crippen molar-refractivity contribution in [1.29, 1.82) is 0 Å². The van der Waals surface area contributed by atoms with Gasteiger partial charge in [-0.25, -0.2) is 8.42 Å². The average molecular weight is 411 g/mol. The van der Waals surface area contributed by atoms with Crippen molar-refractivity contribution < 1.29 is 17.9 Å². The lowest BCUT2D eigenvalue weighted by atomic mass is 10.2. The van der Waals surface area contributed by atoms with Crippen LogP contribution in [0.5, 0.6) is 5.75 Å². The standard InChI is InChI=1S/C16H15BrN2O4S/c1-10-2-4-12(5-3-10)19-24(21,22)14-9-11(17)8-13-15(14)23-7-6-18-16(13)20/h2-5,8-9,19H,6-7H2,1H3,(H,18,20). The number of nitrogens with one attached hydrogen (secondary N) is 2. The maximum absolute atomic E-state index is 12.8. The van der Waals surface area contributed by atoms with Gasteiger partial charge in [0, 0.05) is 10.2 Å². The van der Waals surface area contributed by atoms with E-state index in [1.807, 2.05) is 19.1 Å². The SMILES string of the molecule is Cc1ccc(NS(=O)(=O)c2cc(Br)cc3c2OCCNC3=O)cc1. The third-order valence-electron chi connectivity index (χ3n) is 3.49. The van der Waals surface area contributed by atoms with Crippen molar-refractivity contribution in [1.82, 2.24) is 5.32 Å². The first-order valence-corrected chi connectivity index (χ1v) is 9.48. The molecule has 0 spiro atoms. The fraction of sp³-hybridized carbons (Fsp3) is 0.188. The molecule has 24 heavy (non-hydrogen) atoms. The summed E-state index contributed by atoms with van der Waals surface area (Å²) in [4.78, 5) is 12.0. The van der Waals surface area contributed by atoms with Crippen molar-refractivity contribution in [3.8, 4) is 5.75 Å². The smallest absolute Gasteiger partial charge is 0.265 e. The van der Waals surface area contributed by atoms with Crippen LogP contribution in [0.15, 0.2) is 45.8 Å². The molecular formula is C16H15BrN2O4S. The molecule has 0 radical (unpaired) electrons. The predicted molar refractivity (Wildman–Crippen MR) is 94.0 cm³/mol. The van der Waals surface area contributed by atoms with Gasteiger partial charge >= 0.3 is 0 Å². The Morgan fingerprint density at radius 1 is 1.21 bits per heavy atom. The molecule has 1 aliphatic heterocycles. The predicted octanol–water partition coefficient (Wildman–Crippen LogP) is 2.68. The largest absolute Gasteiger partial charge is 0.489 e. The number of halogens is 1. The fourth-order valence-corrected chi connectivity index (χ4v) is 4.19. The fourth-order valence-electron chi connectivity index (χ4n) is 2.33. The summed E-state index contributed by atoms with van der Waals surface area (Å²) in [6.07, 6.45) is 0. The van der Waals surface area contributed by atoms with E-state index in [1.165, 1.54) is 6.07 Å². The summed E-state index contributed by atoms with van der Waals surface area (Å²) in [5.41, 5.74) is 1.65. The minimum atomic E-state index is -3.91. The Morgan fingerprint density at radius 3 is 2.62 bits per heavy atom. The molecule has 6 nitrogen and oxygen atoms in total. The zero-order valence-corrected chi connectivity index (χ0v) is 15.2. The summed E-state index contributed by atoms with van der Waals surface area (Å²) in [6, 6.07) is 9.94. The molecule has 2 aromatic carbocycles. The lowest BCUT2D eigenvalue weighted by Crippen LogP contribution is -2.24. The van der Waals surface area contributed by atoms with E-state index in [4.69, 9.17) is 4.74 Å². The number of anilines is 1. The van der Waals surface area contributed by atoms with Crippen LogP contribution in [0.1, 0.15) is 15.9 Å². The van der Waals surface area contributed by atoms with Gasteiger partial charge < -0.3 is 10.1 Å². The Labute approximate surface area is 148 Å². The van der Waals surface area contributed by atoms with E-state index in [-0.39, 0.29) is 28.7 Å². The van der Waals surface area contributed by atoms with Crippen molar-refractivity contribution in [2.45, 2.75) is 11.8 Å². The minimum Gasteiger partial charge on any atom is -0.489 e. The highest BCUT2D eigenvalue weighted by molar-refractivity contribution is 9.10. The third-order valence-corrected chi connectivity index (χ3v) is 5.34. The molecule has 3 rings (SSSR count).